The molecule has 158 valence electrons. The number of piperidine rings is 1. The summed E-state index contributed by atoms with van der Waals surface area (Å²) in [6.07, 6.45) is 3.18. The maximum absolute atomic E-state index is 13.6. The molecular weight excluding hydrogens is 415 g/mol. The third kappa shape index (κ3) is 3.84. The van der Waals surface area contributed by atoms with Gasteiger partial charge >= 0.3 is 0 Å². The lowest BCUT2D eigenvalue weighted by atomic mass is 9.98. The number of nitrogens with zero attached hydrogens (tertiary/aromatic N) is 4. The fourth-order valence-electron chi connectivity index (χ4n) is 4.01. The molecule has 1 fully saturated rings. The summed E-state index contributed by atoms with van der Waals surface area (Å²) >= 11 is 0. The number of sulfonamides is 1. The first-order chi connectivity index (χ1) is 15.0. The van der Waals surface area contributed by atoms with Gasteiger partial charge in [0.1, 0.15) is 5.82 Å². The van der Waals surface area contributed by atoms with Crippen molar-refractivity contribution in [1.82, 2.24) is 18.9 Å². The average molecular weight is 437 g/mol. The molecule has 0 aliphatic carbocycles. The lowest BCUT2D eigenvalue weighted by Gasteiger charge is -2.29. The van der Waals surface area contributed by atoms with Crippen LogP contribution < -0.4 is 0 Å². The topological polar surface area (TPSA) is 67.6 Å². The van der Waals surface area contributed by atoms with E-state index in [9.17, 15) is 12.8 Å². The molecule has 2 aromatic carbocycles. The van der Waals surface area contributed by atoms with Gasteiger partial charge in [0.15, 0.2) is 11.5 Å². The molecule has 1 aliphatic heterocycles. The molecular formula is C23H21FN4O2S. The van der Waals surface area contributed by atoms with E-state index in [0.29, 0.717) is 36.7 Å². The Morgan fingerprint density at radius 1 is 0.903 bits per heavy atom. The molecule has 31 heavy (non-hydrogen) atoms. The van der Waals surface area contributed by atoms with Crippen LogP contribution >= 0.6 is 0 Å². The van der Waals surface area contributed by atoms with Crippen LogP contribution in [0.15, 0.2) is 77.8 Å². The number of pyridine rings is 1. The Morgan fingerprint density at radius 2 is 1.68 bits per heavy atom. The fourth-order valence-corrected chi connectivity index (χ4v) is 5.50. The van der Waals surface area contributed by atoms with Gasteiger partial charge in [-0.15, -0.1) is 0 Å². The molecule has 0 N–H and O–H groups in total. The Hall–Kier alpha value is -3.10. The summed E-state index contributed by atoms with van der Waals surface area (Å²) in [5, 5.41) is 4.63. The minimum absolute atomic E-state index is 0.0970. The predicted octanol–water partition coefficient (Wildman–Crippen LogP) is 4.10. The van der Waals surface area contributed by atoms with E-state index in [4.69, 9.17) is 0 Å². The second kappa shape index (κ2) is 7.86. The molecule has 0 saturated carbocycles. The number of fused-ring (bicyclic) bond motifs is 1. The third-order valence-electron chi connectivity index (χ3n) is 5.71. The molecule has 5 rings (SSSR count). The van der Waals surface area contributed by atoms with E-state index in [0.717, 1.165) is 16.8 Å². The van der Waals surface area contributed by atoms with Crippen LogP contribution in [0, 0.1) is 5.82 Å². The van der Waals surface area contributed by atoms with Crippen molar-refractivity contribution in [1.29, 1.82) is 0 Å². The second-order valence-electron chi connectivity index (χ2n) is 7.69. The zero-order valence-electron chi connectivity index (χ0n) is 16.7. The van der Waals surface area contributed by atoms with E-state index in [1.807, 2.05) is 24.4 Å². The monoisotopic (exact) mass is 436 g/mol. The third-order valence-corrected chi connectivity index (χ3v) is 7.62. The Balaban J connectivity index is 1.34. The SMILES string of the molecule is O=S(=O)(c1ccccc1)N1CCC(c2nc3ccc(-c4cccc(F)c4)cn3n2)CC1. The molecule has 0 unspecified atom stereocenters. The molecule has 0 spiro atoms. The minimum atomic E-state index is -3.48. The first-order valence-electron chi connectivity index (χ1n) is 10.2. The van der Waals surface area contributed by atoms with Crippen molar-refractivity contribution in [2.24, 2.45) is 0 Å². The maximum Gasteiger partial charge on any atom is 0.243 e. The number of benzene rings is 2. The predicted molar refractivity (Wildman–Crippen MR) is 116 cm³/mol. The zero-order chi connectivity index (χ0) is 21.4. The Morgan fingerprint density at radius 3 is 2.42 bits per heavy atom. The standard InChI is InChI=1S/C23H21FN4O2S/c24-20-6-4-5-18(15-20)19-9-10-22-25-23(26-28(22)16-19)17-11-13-27(14-12-17)31(29,30)21-7-2-1-3-8-21/h1-10,15-17H,11-14H2. The van der Waals surface area contributed by atoms with E-state index in [-0.39, 0.29) is 11.7 Å². The summed E-state index contributed by atoms with van der Waals surface area (Å²) < 4.78 is 42.5. The van der Waals surface area contributed by atoms with Crippen molar-refractivity contribution >= 4 is 15.7 Å². The van der Waals surface area contributed by atoms with Crippen molar-refractivity contribution in [2.45, 2.75) is 23.7 Å². The van der Waals surface area contributed by atoms with Crippen LogP contribution in [-0.4, -0.2) is 40.4 Å². The van der Waals surface area contributed by atoms with Crippen molar-refractivity contribution in [2.75, 3.05) is 13.1 Å². The molecule has 4 aromatic rings. The van der Waals surface area contributed by atoms with Gasteiger partial charge in [0.25, 0.3) is 0 Å². The molecule has 8 heteroatoms. The van der Waals surface area contributed by atoms with Crippen molar-refractivity contribution in [3.05, 3.63) is 84.6 Å². The van der Waals surface area contributed by atoms with Crippen LogP contribution in [0.3, 0.4) is 0 Å². The Labute approximate surface area is 180 Å². The average Bonchev–Trinajstić information content (AvgIpc) is 3.23. The van der Waals surface area contributed by atoms with Crippen LogP contribution in [0.4, 0.5) is 4.39 Å². The van der Waals surface area contributed by atoms with Crippen molar-refractivity contribution < 1.29 is 12.8 Å². The molecule has 0 radical (unpaired) electrons. The van der Waals surface area contributed by atoms with Crippen LogP contribution in [0.5, 0.6) is 0 Å². The molecule has 3 heterocycles. The number of halogens is 1. The molecule has 0 bridgehead atoms. The van der Waals surface area contributed by atoms with Crippen LogP contribution in [0.1, 0.15) is 24.6 Å². The molecule has 6 nitrogen and oxygen atoms in total. The fraction of sp³-hybridized carbons (Fsp3) is 0.217. The second-order valence-corrected chi connectivity index (χ2v) is 9.63. The molecule has 2 aromatic heterocycles. The Bertz CT molecular complexity index is 1330. The highest BCUT2D eigenvalue weighted by Crippen LogP contribution is 2.30. The normalized spacial score (nSPS) is 16.0. The van der Waals surface area contributed by atoms with Gasteiger partial charge in [-0.2, -0.15) is 9.40 Å². The lowest BCUT2D eigenvalue weighted by Crippen LogP contribution is -2.38. The highest BCUT2D eigenvalue weighted by molar-refractivity contribution is 7.89. The lowest BCUT2D eigenvalue weighted by molar-refractivity contribution is 0.313. The number of aromatic nitrogens is 3. The first-order valence-corrected chi connectivity index (χ1v) is 11.6. The zero-order valence-corrected chi connectivity index (χ0v) is 17.5. The van der Waals surface area contributed by atoms with Gasteiger partial charge in [-0.3, -0.25) is 0 Å². The van der Waals surface area contributed by atoms with Gasteiger partial charge in [0, 0.05) is 30.8 Å². The summed E-state index contributed by atoms with van der Waals surface area (Å²) in [6, 6.07) is 18.7. The van der Waals surface area contributed by atoms with Gasteiger partial charge in [-0.05, 0) is 54.8 Å². The summed E-state index contributed by atoms with van der Waals surface area (Å²) in [7, 11) is -3.48. The van der Waals surface area contributed by atoms with Crippen LogP contribution in [0.2, 0.25) is 0 Å². The van der Waals surface area contributed by atoms with E-state index in [2.05, 4.69) is 10.1 Å². The number of hydrogen-bond acceptors (Lipinski definition) is 4. The molecule has 0 amide bonds. The smallest absolute Gasteiger partial charge is 0.220 e. The first kappa shape index (κ1) is 19.8. The summed E-state index contributed by atoms with van der Waals surface area (Å²) in [5.41, 5.74) is 2.35. The minimum Gasteiger partial charge on any atom is -0.220 e. The highest BCUT2D eigenvalue weighted by Gasteiger charge is 2.31. The van der Waals surface area contributed by atoms with Crippen LogP contribution in [-0.2, 0) is 10.0 Å². The largest absolute Gasteiger partial charge is 0.243 e. The summed E-state index contributed by atoms with van der Waals surface area (Å²) in [5.74, 6) is 0.530. The van der Waals surface area contributed by atoms with E-state index < -0.39 is 10.0 Å². The van der Waals surface area contributed by atoms with Gasteiger partial charge < -0.3 is 0 Å². The number of hydrogen-bond donors (Lipinski definition) is 0. The molecule has 1 saturated heterocycles. The van der Waals surface area contributed by atoms with Gasteiger partial charge in [0.2, 0.25) is 10.0 Å². The highest BCUT2D eigenvalue weighted by atomic mass is 32.2. The van der Waals surface area contributed by atoms with E-state index in [1.54, 1.807) is 40.9 Å². The van der Waals surface area contributed by atoms with E-state index >= 15 is 0 Å². The van der Waals surface area contributed by atoms with Crippen molar-refractivity contribution in [3.8, 4) is 11.1 Å². The summed E-state index contributed by atoms with van der Waals surface area (Å²) in [4.78, 5) is 4.97. The van der Waals surface area contributed by atoms with Crippen LogP contribution in [0.25, 0.3) is 16.8 Å². The van der Waals surface area contributed by atoms with Crippen molar-refractivity contribution in [3.63, 3.8) is 0 Å². The maximum atomic E-state index is 13.6. The van der Waals surface area contributed by atoms with Gasteiger partial charge in [-0.1, -0.05) is 30.3 Å². The quantitative estimate of drug-likeness (QED) is 0.483. The molecule has 0 atom stereocenters. The van der Waals surface area contributed by atoms with Gasteiger partial charge in [-0.25, -0.2) is 22.3 Å². The summed E-state index contributed by atoms with van der Waals surface area (Å²) in [6.45, 7) is 0.873. The van der Waals surface area contributed by atoms with Gasteiger partial charge in [0.05, 0.1) is 4.90 Å². The number of rotatable bonds is 4. The Kier molecular flexibility index (Phi) is 5.03. The van der Waals surface area contributed by atoms with E-state index in [1.165, 1.54) is 16.4 Å². The molecule has 1 aliphatic rings.